The Morgan fingerprint density at radius 1 is 1.18 bits per heavy atom. The number of hydrazone groups is 1. The average Bonchev–Trinajstić information content (AvgIpc) is 3.07. The lowest BCUT2D eigenvalue weighted by molar-refractivity contribution is -0.394. The Morgan fingerprint density at radius 3 is 2.68 bits per heavy atom. The molecule has 0 aliphatic rings. The van der Waals surface area contributed by atoms with Crippen LogP contribution in [0.3, 0.4) is 0 Å². The summed E-state index contributed by atoms with van der Waals surface area (Å²) < 4.78 is 5.56. The van der Waals surface area contributed by atoms with Crippen LogP contribution in [0.5, 0.6) is 11.5 Å². The molecule has 11 heteroatoms. The Morgan fingerprint density at radius 2 is 2.00 bits per heavy atom. The van der Waals surface area contributed by atoms with Crippen molar-refractivity contribution < 1.29 is 14.6 Å². The quantitative estimate of drug-likeness (QED) is 0.351. The highest BCUT2D eigenvalue weighted by Gasteiger charge is 2.21. The largest absolute Gasteiger partial charge is 0.450 e. The molecule has 0 fully saturated rings. The number of hydrogen-bond acceptors (Lipinski definition) is 9. The van der Waals surface area contributed by atoms with Crippen molar-refractivity contribution in [2.24, 2.45) is 5.10 Å². The van der Waals surface area contributed by atoms with Crippen molar-refractivity contribution in [3.8, 4) is 11.5 Å². The van der Waals surface area contributed by atoms with Crippen LogP contribution < -0.4 is 10.2 Å². The van der Waals surface area contributed by atoms with Gasteiger partial charge in [-0.05, 0) is 30.7 Å². The van der Waals surface area contributed by atoms with Gasteiger partial charge in [-0.1, -0.05) is 12.1 Å². The van der Waals surface area contributed by atoms with Crippen molar-refractivity contribution in [3.63, 3.8) is 0 Å². The van der Waals surface area contributed by atoms with Gasteiger partial charge in [-0.2, -0.15) is 5.10 Å². The number of aromatic nitrogens is 1. The van der Waals surface area contributed by atoms with Gasteiger partial charge in [0, 0.05) is 11.4 Å². The molecule has 142 valence electrons. The van der Waals surface area contributed by atoms with E-state index in [0.717, 1.165) is 17.8 Å². The van der Waals surface area contributed by atoms with E-state index in [1.165, 1.54) is 17.4 Å². The van der Waals surface area contributed by atoms with E-state index in [1.807, 2.05) is 12.3 Å². The van der Waals surface area contributed by atoms with Crippen molar-refractivity contribution in [1.82, 2.24) is 4.98 Å². The number of benzene rings is 2. The molecule has 28 heavy (non-hydrogen) atoms. The van der Waals surface area contributed by atoms with E-state index in [2.05, 4.69) is 15.5 Å². The second-order valence-corrected chi connectivity index (χ2v) is 6.36. The first-order valence-electron chi connectivity index (χ1n) is 7.84. The van der Waals surface area contributed by atoms with Gasteiger partial charge in [-0.25, -0.2) is 4.98 Å². The van der Waals surface area contributed by atoms with Gasteiger partial charge < -0.3 is 4.74 Å². The minimum Gasteiger partial charge on any atom is -0.450 e. The molecule has 0 saturated carbocycles. The van der Waals surface area contributed by atoms with Crippen LogP contribution in [-0.4, -0.2) is 21.0 Å². The van der Waals surface area contributed by atoms with Gasteiger partial charge >= 0.3 is 5.69 Å². The fraction of sp³-hybridized carbons (Fsp3) is 0.0588. The summed E-state index contributed by atoms with van der Waals surface area (Å²) in [7, 11) is 0. The van der Waals surface area contributed by atoms with Crippen molar-refractivity contribution in [1.29, 1.82) is 0 Å². The van der Waals surface area contributed by atoms with E-state index in [-0.39, 0.29) is 11.4 Å². The molecular formula is C17H13N5O5S. The summed E-state index contributed by atoms with van der Waals surface area (Å²) in [6, 6.07) is 9.91. The minimum absolute atomic E-state index is 0.0962. The van der Waals surface area contributed by atoms with Crippen LogP contribution in [0.15, 0.2) is 52.9 Å². The lowest BCUT2D eigenvalue weighted by Crippen LogP contribution is -1.96. The van der Waals surface area contributed by atoms with Crippen molar-refractivity contribution in [2.75, 3.05) is 5.43 Å². The van der Waals surface area contributed by atoms with Crippen LogP contribution in [0.1, 0.15) is 11.3 Å². The molecule has 1 aromatic heterocycles. The number of nitrogens with one attached hydrogen (secondary N) is 1. The third-order valence-corrected chi connectivity index (χ3v) is 4.29. The fourth-order valence-electron chi connectivity index (χ4n) is 2.20. The molecule has 0 amide bonds. The van der Waals surface area contributed by atoms with Crippen LogP contribution in [-0.2, 0) is 0 Å². The zero-order chi connectivity index (χ0) is 20.1. The predicted octanol–water partition coefficient (Wildman–Crippen LogP) is 4.51. The Balaban J connectivity index is 1.77. The molecule has 3 aromatic rings. The van der Waals surface area contributed by atoms with Gasteiger partial charge in [0.05, 0.1) is 27.8 Å². The number of nitrogens with zero attached hydrogens (tertiary/aromatic N) is 4. The van der Waals surface area contributed by atoms with Gasteiger partial charge in [0.25, 0.3) is 5.69 Å². The Labute approximate surface area is 162 Å². The van der Waals surface area contributed by atoms with E-state index in [1.54, 1.807) is 30.5 Å². The number of non-ortho nitro benzene ring substituents is 1. The molecule has 0 aliphatic heterocycles. The van der Waals surface area contributed by atoms with Crippen LogP contribution in [0.25, 0.3) is 0 Å². The molecule has 3 rings (SSSR count). The summed E-state index contributed by atoms with van der Waals surface area (Å²) in [6.45, 7) is 1.88. The molecule has 0 aliphatic carbocycles. The number of nitro benzene ring substituents is 2. The second kappa shape index (κ2) is 8.22. The van der Waals surface area contributed by atoms with Gasteiger partial charge in [0.2, 0.25) is 10.9 Å². The highest BCUT2D eigenvalue weighted by atomic mass is 32.1. The molecule has 0 unspecified atom stereocenters. The van der Waals surface area contributed by atoms with E-state index in [9.17, 15) is 20.2 Å². The third-order valence-electron chi connectivity index (χ3n) is 3.43. The number of aryl methyl sites for hydroxylation is 1. The zero-order valence-electron chi connectivity index (χ0n) is 14.4. The van der Waals surface area contributed by atoms with Crippen LogP contribution >= 0.6 is 11.3 Å². The van der Waals surface area contributed by atoms with E-state index < -0.39 is 15.5 Å². The summed E-state index contributed by atoms with van der Waals surface area (Å²) in [5, 5.41) is 28.6. The monoisotopic (exact) mass is 399 g/mol. The average molecular weight is 399 g/mol. The van der Waals surface area contributed by atoms with Crippen molar-refractivity contribution in [2.45, 2.75) is 6.92 Å². The van der Waals surface area contributed by atoms with E-state index in [0.29, 0.717) is 16.4 Å². The number of thiazole rings is 1. The number of anilines is 1. The normalized spacial score (nSPS) is 10.8. The van der Waals surface area contributed by atoms with Crippen molar-refractivity contribution >= 4 is 34.1 Å². The third kappa shape index (κ3) is 4.65. The van der Waals surface area contributed by atoms with Crippen molar-refractivity contribution in [3.05, 3.63) is 79.3 Å². The molecule has 0 bridgehead atoms. The zero-order valence-corrected chi connectivity index (χ0v) is 15.3. The maximum absolute atomic E-state index is 11.2. The summed E-state index contributed by atoms with van der Waals surface area (Å²) in [5.74, 6) is 0.229. The number of ether oxygens (including phenoxy) is 1. The standard InChI is InChI=1S/C17H13N5O5S/c1-11-10-28-17(19-11)20-18-9-12-3-2-4-14(7-12)27-16-6-5-13(21(23)24)8-15(16)22(25)26/h2-10H,1H3,(H,19,20). The van der Waals surface area contributed by atoms with Gasteiger partial charge in [0.1, 0.15) is 5.75 Å². The lowest BCUT2D eigenvalue weighted by atomic mass is 10.2. The van der Waals surface area contributed by atoms with Gasteiger partial charge in [0.15, 0.2) is 0 Å². The smallest absolute Gasteiger partial charge is 0.318 e. The van der Waals surface area contributed by atoms with Gasteiger partial charge in [-0.3, -0.25) is 25.7 Å². The Hall–Kier alpha value is -3.86. The molecule has 2 aromatic carbocycles. The topological polar surface area (TPSA) is 133 Å². The summed E-state index contributed by atoms with van der Waals surface area (Å²) in [6.07, 6.45) is 1.55. The molecule has 1 N–H and O–H groups in total. The first-order valence-corrected chi connectivity index (χ1v) is 8.72. The summed E-state index contributed by atoms with van der Waals surface area (Å²) in [4.78, 5) is 24.8. The molecule has 0 spiro atoms. The SMILES string of the molecule is Cc1csc(NN=Cc2cccc(Oc3ccc([N+](=O)[O-])cc3[N+](=O)[O-])c2)n1. The molecular weight excluding hydrogens is 386 g/mol. The van der Waals surface area contributed by atoms with Crippen LogP contribution in [0.2, 0.25) is 0 Å². The summed E-state index contributed by atoms with van der Waals surface area (Å²) in [5.41, 5.74) is 3.50. The Kier molecular flexibility index (Phi) is 5.56. The molecule has 0 atom stereocenters. The predicted molar refractivity (Wildman–Crippen MR) is 104 cm³/mol. The Bertz CT molecular complexity index is 1070. The first kappa shape index (κ1) is 18.9. The molecule has 0 saturated heterocycles. The minimum atomic E-state index is -0.729. The number of rotatable bonds is 7. The van der Waals surface area contributed by atoms with Crippen LogP contribution in [0, 0.1) is 27.2 Å². The maximum Gasteiger partial charge on any atom is 0.318 e. The van der Waals surface area contributed by atoms with Crippen LogP contribution in [0.4, 0.5) is 16.5 Å². The number of hydrogen-bond donors (Lipinski definition) is 1. The fourth-order valence-corrected chi connectivity index (χ4v) is 2.84. The molecule has 10 nitrogen and oxygen atoms in total. The summed E-state index contributed by atoms with van der Waals surface area (Å²) >= 11 is 1.42. The van der Waals surface area contributed by atoms with Gasteiger partial charge in [-0.15, -0.1) is 11.3 Å². The highest BCUT2D eigenvalue weighted by molar-refractivity contribution is 7.13. The molecule has 1 heterocycles. The second-order valence-electron chi connectivity index (χ2n) is 5.50. The highest BCUT2D eigenvalue weighted by Crippen LogP contribution is 2.34. The number of nitro groups is 2. The first-order chi connectivity index (χ1) is 13.4. The van der Waals surface area contributed by atoms with E-state index >= 15 is 0 Å². The van der Waals surface area contributed by atoms with E-state index in [4.69, 9.17) is 4.74 Å². The lowest BCUT2D eigenvalue weighted by Gasteiger charge is -2.07. The maximum atomic E-state index is 11.2. The molecule has 0 radical (unpaired) electrons.